The Morgan fingerprint density at radius 2 is 1.88 bits per heavy atom. The molecule has 1 saturated heterocycles. The lowest BCUT2D eigenvalue weighted by atomic mass is 10.1. The van der Waals surface area contributed by atoms with Crippen molar-refractivity contribution in [1.82, 2.24) is 4.90 Å². The molecular weight excluding hydrogens is 330 g/mol. The van der Waals surface area contributed by atoms with Gasteiger partial charge < -0.3 is 9.64 Å². The Balaban J connectivity index is 1.87. The van der Waals surface area contributed by atoms with Crippen molar-refractivity contribution in [3.05, 3.63) is 29.8 Å². The summed E-state index contributed by atoms with van der Waals surface area (Å²) in [5, 5.41) is 0. The van der Waals surface area contributed by atoms with E-state index in [0.717, 1.165) is 5.56 Å². The molecule has 1 amide bonds. The van der Waals surface area contributed by atoms with Crippen molar-refractivity contribution >= 4 is 16.2 Å². The van der Waals surface area contributed by atoms with E-state index < -0.39 is 15.7 Å². The SMILES string of the molecule is Cc1ccc(S(=O)(=O)OCC2CCN(C(=O)OC(C)(C)C)C2)cc1. The van der Waals surface area contributed by atoms with E-state index >= 15 is 0 Å². The van der Waals surface area contributed by atoms with Gasteiger partial charge in [0.1, 0.15) is 5.60 Å². The maximum atomic E-state index is 12.2. The standard InChI is InChI=1S/C17H25NO5S/c1-13-5-7-15(8-6-13)24(20,21)22-12-14-9-10-18(11-14)16(19)23-17(2,3)4/h5-8,14H,9-12H2,1-4H3. The van der Waals surface area contributed by atoms with Crippen molar-refractivity contribution in [3.8, 4) is 0 Å². The highest BCUT2D eigenvalue weighted by Gasteiger charge is 2.31. The van der Waals surface area contributed by atoms with Crippen LogP contribution in [-0.2, 0) is 19.0 Å². The zero-order valence-electron chi connectivity index (χ0n) is 14.6. The second kappa shape index (κ2) is 7.11. The average Bonchev–Trinajstić information content (AvgIpc) is 2.93. The van der Waals surface area contributed by atoms with Gasteiger partial charge in [0.15, 0.2) is 0 Å². The number of nitrogens with zero attached hydrogens (tertiary/aromatic N) is 1. The van der Waals surface area contributed by atoms with Crippen LogP contribution in [0, 0.1) is 12.8 Å². The monoisotopic (exact) mass is 355 g/mol. The number of ether oxygens (including phenoxy) is 1. The second-order valence-corrected chi connectivity index (χ2v) is 8.75. The lowest BCUT2D eigenvalue weighted by molar-refractivity contribution is 0.0285. The van der Waals surface area contributed by atoms with E-state index in [0.29, 0.717) is 19.5 Å². The quantitative estimate of drug-likeness (QED) is 0.777. The van der Waals surface area contributed by atoms with Gasteiger partial charge in [-0.15, -0.1) is 0 Å². The van der Waals surface area contributed by atoms with E-state index in [1.165, 1.54) is 12.1 Å². The zero-order chi connectivity index (χ0) is 18.0. The number of likely N-dealkylation sites (tertiary alicyclic amines) is 1. The third-order valence-corrected chi connectivity index (χ3v) is 5.00. The van der Waals surface area contributed by atoms with Gasteiger partial charge in [0.05, 0.1) is 11.5 Å². The van der Waals surface area contributed by atoms with Gasteiger partial charge in [-0.1, -0.05) is 17.7 Å². The summed E-state index contributed by atoms with van der Waals surface area (Å²) in [6.45, 7) is 8.39. The number of amides is 1. The summed E-state index contributed by atoms with van der Waals surface area (Å²) < 4.78 is 34.8. The Morgan fingerprint density at radius 3 is 2.46 bits per heavy atom. The molecule has 0 aromatic heterocycles. The molecule has 1 aliphatic rings. The predicted molar refractivity (Wildman–Crippen MR) is 90.2 cm³/mol. The van der Waals surface area contributed by atoms with Crippen LogP contribution in [0.1, 0.15) is 32.8 Å². The molecule has 24 heavy (non-hydrogen) atoms. The average molecular weight is 355 g/mol. The molecule has 1 aromatic rings. The van der Waals surface area contributed by atoms with E-state index in [1.807, 2.05) is 27.7 Å². The van der Waals surface area contributed by atoms with Crippen LogP contribution in [0.4, 0.5) is 4.79 Å². The van der Waals surface area contributed by atoms with Crippen molar-refractivity contribution in [2.75, 3.05) is 19.7 Å². The number of carbonyl (C=O) groups excluding carboxylic acids is 1. The van der Waals surface area contributed by atoms with Gasteiger partial charge >= 0.3 is 6.09 Å². The zero-order valence-corrected chi connectivity index (χ0v) is 15.4. The van der Waals surface area contributed by atoms with Gasteiger partial charge in [-0.2, -0.15) is 8.42 Å². The van der Waals surface area contributed by atoms with Crippen molar-refractivity contribution in [2.45, 2.75) is 44.6 Å². The Bertz CT molecular complexity index is 676. The first kappa shape index (κ1) is 18.7. The molecule has 0 aliphatic carbocycles. The van der Waals surface area contributed by atoms with Crippen LogP contribution >= 0.6 is 0 Å². The highest BCUT2D eigenvalue weighted by Crippen LogP contribution is 2.22. The fraction of sp³-hybridized carbons (Fsp3) is 0.588. The lowest BCUT2D eigenvalue weighted by Crippen LogP contribution is -2.35. The Labute approximate surface area is 143 Å². The molecule has 0 saturated carbocycles. The first-order valence-electron chi connectivity index (χ1n) is 8.01. The molecule has 1 aliphatic heterocycles. The van der Waals surface area contributed by atoms with Crippen LogP contribution in [-0.4, -0.2) is 44.7 Å². The Kier molecular flexibility index (Phi) is 5.55. The van der Waals surface area contributed by atoms with Gasteiger partial charge in [-0.3, -0.25) is 4.18 Å². The van der Waals surface area contributed by atoms with E-state index in [-0.39, 0.29) is 23.5 Å². The molecule has 0 spiro atoms. The first-order valence-corrected chi connectivity index (χ1v) is 9.42. The fourth-order valence-corrected chi connectivity index (χ4v) is 3.40. The summed E-state index contributed by atoms with van der Waals surface area (Å²) in [6, 6.07) is 6.53. The lowest BCUT2D eigenvalue weighted by Gasteiger charge is -2.24. The van der Waals surface area contributed by atoms with Gasteiger partial charge in [0.25, 0.3) is 10.1 Å². The molecule has 0 N–H and O–H groups in total. The number of hydrogen-bond acceptors (Lipinski definition) is 5. The van der Waals surface area contributed by atoms with Crippen LogP contribution in [0.2, 0.25) is 0 Å². The van der Waals surface area contributed by atoms with Crippen molar-refractivity contribution in [3.63, 3.8) is 0 Å². The number of benzene rings is 1. The molecule has 1 unspecified atom stereocenters. The second-order valence-electron chi connectivity index (χ2n) is 7.13. The van der Waals surface area contributed by atoms with Gasteiger partial charge in [0, 0.05) is 19.0 Å². The van der Waals surface area contributed by atoms with Crippen molar-refractivity contribution < 1.29 is 22.1 Å². The van der Waals surface area contributed by atoms with Crippen LogP contribution in [0.5, 0.6) is 0 Å². The maximum Gasteiger partial charge on any atom is 0.410 e. The molecule has 1 heterocycles. The molecule has 134 valence electrons. The minimum Gasteiger partial charge on any atom is -0.444 e. The van der Waals surface area contributed by atoms with Gasteiger partial charge in [0.2, 0.25) is 0 Å². The summed E-state index contributed by atoms with van der Waals surface area (Å²) in [6.07, 6.45) is 0.328. The summed E-state index contributed by atoms with van der Waals surface area (Å²) in [5.41, 5.74) is 0.443. The molecule has 1 aromatic carbocycles. The molecule has 1 fully saturated rings. The smallest absolute Gasteiger partial charge is 0.410 e. The third kappa shape index (κ3) is 5.21. The van der Waals surface area contributed by atoms with Crippen LogP contribution in [0.25, 0.3) is 0 Å². The first-order chi connectivity index (χ1) is 11.1. The van der Waals surface area contributed by atoms with Gasteiger partial charge in [-0.05, 0) is 46.2 Å². The number of carbonyl (C=O) groups is 1. The van der Waals surface area contributed by atoms with E-state index in [9.17, 15) is 13.2 Å². The third-order valence-electron chi connectivity index (χ3n) is 3.71. The predicted octanol–water partition coefficient (Wildman–Crippen LogP) is 2.96. The number of rotatable bonds is 4. The van der Waals surface area contributed by atoms with Crippen LogP contribution < -0.4 is 0 Å². The highest BCUT2D eigenvalue weighted by molar-refractivity contribution is 7.86. The maximum absolute atomic E-state index is 12.2. The summed E-state index contributed by atoms with van der Waals surface area (Å²) >= 11 is 0. The molecule has 7 heteroatoms. The molecule has 0 bridgehead atoms. The fourth-order valence-electron chi connectivity index (χ4n) is 2.42. The molecule has 0 radical (unpaired) electrons. The Hall–Kier alpha value is -1.60. The minimum atomic E-state index is -3.77. The van der Waals surface area contributed by atoms with Crippen LogP contribution in [0.15, 0.2) is 29.2 Å². The normalized spacial score (nSPS) is 18.7. The molecule has 1 atom stereocenters. The summed E-state index contributed by atoms with van der Waals surface area (Å²) in [5.74, 6) is -0.0160. The topological polar surface area (TPSA) is 72.9 Å². The molecule has 2 rings (SSSR count). The Morgan fingerprint density at radius 1 is 1.25 bits per heavy atom. The van der Waals surface area contributed by atoms with Crippen molar-refractivity contribution in [1.29, 1.82) is 0 Å². The summed E-state index contributed by atoms with van der Waals surface area (Å²) in [4.78, 5) is 13.7. The molecular formula is C17H25NO5S. The number of hydrogen-bond donors (Lipinski definition) is 0. The van der Waals surface area contributed by atoms with Crippen LogP contribution in [0.3, 0.4) is 0 Å². The van der Waals surface area contributed by atoms with Crippen molar-refractivity contribution in [2.24, 2.45) is 5.92 Å². The minimum absolute atomic E-state index is 0.0160. The number of aryl methyl sites for hydroxylation is 1. The van der Waals surface area contributed by atoms with E-state index in [1.54, 1.807) is 17.0 Å². The largest absolute Gasteiger partial charge is 0.444 e. The van der Waals surface area contributed by atoms with E-state index in [4.69, 9.17) is 8.92 Å². The highest BCUT2D eigenvalue weighted by atomic mass is 32.2. The van der Waals surface area contributed by atoms with Gasteiger partial charge in [-0.25, -0.2) is 4.79 Å². The van der Waals surface area contributed by atoms with E-state index in [2.05, 4.69) is 0 Å². The summed E-state index contributed by atoms with van der Waals surface area (Å²) in [7, 11) is -3.77. The molecule has 6 nitrogen and oxygen atoms in total.